The third-order valence-corrected chi connectivity index (χ3v) is 4.56. The molecule has 1 aromatic carbocycles. The van der Waals surface area contributed by atoms with E-state index in [1.807, 2.05) is 11.3 Å². The minimum absolute atomic E-state index is 1.15. The number of aryl methyl sites for hydroxylation is 2. The minimum atomic E-state index is 1.15. The summed E-state index contributed by atoms with van der Waals surface area (Å²) >= 11 is 1.96. The second-order valence-electron chi connectivity index (χ2n) is 4.85. The summed E-state index contributed by atoms with van der Waals surface area (Å²) in [6.45, 7) is 6.67. The van der Waals surface area contributed by atoms with Gasteiger partial charge in [-0.15, -0.1) is 11.3 Å². The zero-order chi connectivity index (χ0) is 12.0. The van der Waals surface area contributed by atoms with E-state index in [1.54, 1.807) is 4.88 Å². The van der Waals surface area contributed by atoms with Crippen LogP contribution in [0.2, 0.25) is 0 Å². The van der Waals surface area contributed by atoms with E-state index in [2.05, 4.69) is 51.1 Å². The van der Waals surface area contributed by atoms with Gasteiger partial charge >= 0.3 is 0 Å². The fourth-order valence-corrected chi connectivity index (χ4v) is 3.91. The molecular weight excluding hydrogens is 224 g/mol. The van der Waals surface area contributed by atoms with Gasteiger partial charge in [-0.05, 0) is 37.5 Å². The average Bonchev–Trinajstić information content (AvgIpc) is 2.75. The molecule has 1 aromatic heterocycles. The van der Waals surface area contributed by atoms with Crippen LogP contribution in [0.15, 0.2) is 29.8 Å². The summed E-state index contributed by atoms with van der Waals surface area (Å²) in [7, 11) is 0. The first-order valence-corrected chi connectivity index (χ1v) is 6.84. The molecule has 0 spiro atoms. The Kier molecular flexibility index (Phi) is 2.44. The van der Waals surface area contributed by atoms with E-state index in [0.717, 1.165) is 6.42 Å². The fourth-order valence-electron chi connectivity index (χ4n) is 2.64. The van der Waals surface area contributed by atoms with Gasteiger partial charge in [-0.3, -0.25) is 0 Å². The number of hydrogen-bond donors (Lipinski definition) is 0. The van der Waals surface area contributed by atoms with Gasteiger partial charge in [0.1, 0.15) is 0 Å². The summed E-state index contributed by atoms with van der Waals surface area (Å²) in [5.41, 5.74) is 7.18. The Morgan fingerprint density at radius 2 is 1.82 bits per heavy atom. The monoisotopic (exact) mass is 240 g/mol. The highest BCUT2D eigenvalue weighted by molar-refractivity contribution is 7.12. The quantitative estimate of drug-likeness (QED) is 0.658. The molecule has 1 heteroatoms. The van der Waals surface area contributed by atoms with Crippen LogP contribution in [0.25, 0.3) is 17.2 Å². The van der Waals surface area contributed by atoms with Crippen molar-refractivity contribution in [2.45, 2.75) is 27.2 Å². The Hall–Kier alpha value is -1.34. The molecule has 0 saturated carbocycles. The molecule has 2 aromatic rings. The van der Waals surface area contributed by atoms with Crippen LogP contribution < -0.4 is 0 Å². The number of rotatable bonds is 1. The van der Waals surface area contributed by atoms with Gasteiger partial charge in [0.2, 0.25) is 0 Å². The molecule has 0 saturated heterocycles. The number of benzene rings is 1. The number of thiophene rings is 1. The van der Waals surface area contributed by atoms with E-state index in [1.165, 1.54) is 32.7 Å². The van der Waals surface area contributed by atoms with Gasteiger partial charge in [-0.2, -0.15) is 0 Å². The average molecular weight is 240 g/mol. The van der Waals surface area contributed by atoms with Gasteiger partial charge in [0.05, 0.1) is 0 Å². The van der Waals surface area contributed by atoms with Crippen LogP contribution in [0.1, 0.15) is 27.8 Å². The molecule has 17 heavy (non-hydrogen) atoms. The van der Waals surface area contributed by atoms with Crippen LogP contribution >= 0.6 is 11.3 Å². The van der Waals surface area contributed by atoms with Gasteiger partial charge in [0.15, 0.2) is 0 Å². The molecule has 86 valence electrons. The van der Waals surface area contributed by atoms with E-state index in [-0.39, 0.29) is 0 Å². The number of hydrogen-bond acceptors (Lipinski definition) is 1. The van der Waals surface area contributed by atoms with Gasteiger partial charge in [0, 0.05) is 21.7 Å². The fraction of sp³-hybridized carbons (Fsp3) is 0.250. The largest absolute Gasteiger partial charge is 0.144 e. The summed E-state index contributed by atoms with van der Waals surface area (Å²) in [5.74, 6) is 0. The molecule has 1 aliphatic rings. The molecule has 0 N–H and O–H groups in total. The second kappa shape index (κ2) is 3.85. The van der Waals surface area contributed by atoms with Crippen molar-refractivity contribution < 1.29 is 0 Å². The second-order valence-corrected chi connectivity index (χ2v) is 6.16. The lowest BCUT2D eigenvalue weighted by atomic mass is 9.97. The van der Waals surface area contributed by atoms with Crippen molar-refractivity contribution >= 4 is 17.4 Å². The predicted molar refractivity (Wildman–Crippen MR) is 76.6 cm³/mol. The maximum absolute atomic E-state index is 2.36. The highest BCUT2D eigenvalue weighted by atomic mass is 32.1. The van der Waals surface area contributed by atoms with Crippen LogP contribution in [-0.4, -0.2) is 0 Å². The highest BCUT2D eigenvalue weighted by Gasteiger charge is 2.20. The normalized spacial score (nSPS) is 13.7. The minimum Gasteiger partial charge on any atom is -0.144 e. The molecule has 0 atom stereocenters. The van der Waals surface area contributed by atoms with E-state index < -0.39 is 0 Å². The standard InChI is InChI=1S/C16H16S/c1-10-8-14-15(9-10)17-12(3)16(14)13-7-5-4-6-11(13)2/h4-8H,9H2,1-3H3. The predicted octanol–water partition coefficient (Wildman–Crippen LogP) is 4.99. The number of fused-ring (bicyclic) bond motifs is 1. The SMILES string of the molecule is CC1=Cc2c(sc(C)c2-c2ccccc2C)C1. The summed E-state index contributed by atoms with van der Waals surface area (Å²) < 4.78 is 0. The first kappa shape index (κ1) is 10.8. The smallest absolute Gasteiger partial charge is 0.0167 e. The van der Waals surface area contributed by atoms with Crippen molar-refractivity contribution in [1.82, 2.24) is 0 Å². The van der Waals surface area contributed by atoms with Gasteiger partial charge in [-0.25, -0.2) is 0 Å². The molecule has 0 nitrogen and oxygen atoms in total. The molecular formula is C16H16S. The molecule has 0 aliphatic heterocycles. The Labute approximate surface area is 107 Å². The zero-order valence-corrected chi connectivity index (χ0v) is 11.3. The molecule has 1 aliphatic carbocycles. The summed E-state index contributed by atoms with van der Waals surface area (Å²) in [4.78, 5) is 2.99. The third kappa shape index (κ3) is 1.66. The van der Waals surface area contributed by atoms with E-state index in [9.17, 15) is 0 Å². The third-order valence-electron chi connectivity index (χ3n) is 3.44. The lowest BCUT2D eigenvalue weighted by Gasteiger charge is -2.06. The Bertz CT molecular complexity index is 614. The molecule has 0 fully saturated rings. The van der Waals surface area contributed by atoms with E-state index >= 15 is 0 Å². The van der Waals surface area contributed by atoms with Crippen molar-refractivity contribution in [3.8, 4) is 11.1 Å². The van der Waals surface area contributed by atoms with E-state index in [0.29, 0.717) is 0 Å². The summed E-state index contributed by atoms with van der Waals surface area (Å²) in [5, 5.41) is 0. The van der Waals surface area contributed by atoms with Gasteiger partial charge in [0.25, 0.3) is 0 Å². The van der Waals surface area contributed by atoms with Gasteiger partial charge < -0.3 is 0 Å². The van der Waals surface area contributed by atoms with Crippen molar-refractivity contribution in [3.05, 3.63) is 50.7 Å². The Morgan fingerprint density at radius 1 is 1.06 bits per heavy atom. The molecule has 0 radical (unpaired) electrons. The van der Waals surface area contributed by atoms with Crippen LogP contribution in [0, 0.1) is 13.8 Å². The lowest BCUT2D eigenvalue weighted by Crippen LogP contribution is -1.84. The van der Waals surface area contributed by atoms with Crippen molar-refractivity contribution in [2.24, 2.45) is 0 Å². The van der Waals surface area contributed by atoms with Gasteiger partial charge in [-0.1, -0.05) is 35.9 Å². The number of allylic oxidation sites excluding steroid dienone is 1. The topological polar surface area (TPSA) is 0 Å². The van der Waals surface area contributed by atoms with E-state index in [4.69, 9.17) is 0 Å². The maximum atomic E-state index is 2.36. The first-order chi connectivity index (χ1) is 8.16. The van der Waals surface area contributed by atoms with Crippen LogP contribution in [0.4, 0.5) is 0 Å². The zero-order valence-electron chi connectivity index (χ0n) is 10.5. The highest BCUT2D eigenvalue weighted by Crippen LogP contribution is 2.42. The van der Waals surface area contributed by atoms with Crippen molar-refractivity contribution in [1.29, 1.82) is 0 Å². The molecule has 0 amide bonds. The van der Waals surface area contributed by atoms with Crippen molar-refractivity contribution in [2.75, 3.05) is 0 Å². The van der Waals surface area contributed by atoms with Crippen LogP contribution in [-0.2, 0) is 6.42 Å². The molecule has 3 rings (SSSR count). The molecule has 1 heterocycles. The maximum Gasteiger partial charge on any atom is 0.0167 e. The van der Waals surface area contributed by atoms with Crippen molar-refractivity contribution in [3.63, 3.8) is 0 Å². The summed E-state index contributed by atoms with van der Waals surface area (Å²) in [6, 6.07) is 8.69. The first-order valence-electron chi connectivity index (χ1n) is 6.02. The Balaban J connectivity index is 2.26. The molecule has 0 unspecified atom stereocenters. The molecule has 0 bridgehead atoms. The van der Waals surface area contributed by atoms with Crippen LogP contribution in [0.5, 0.6) is 0 Å². The van der Waals surface area contributed by atoms with Crippen LogP contribution in [0.3, 0.4) is 0 Å². The lowest BCUT2D eigenvalue weighted by molar-refractivity contribution is 1.24. The summed E-state index contributed by atoms with van der Waals surface area (Å²) in [6.07, 6.45) is 3.51. The Morgan fingerprint density at radius 3 is 2.59 bits per heavy atom.